The zero-order chi connectivity index (χ0) is 4.99. The fraction of sp³-hybridized carbons (Fsp3) is 0.333. The van der Waals surface area contributed by atoms with Gasteiger partial charge < -0.3 is 0 Å². The first-order valence-electron chi connectivity index (χ1n) is 1.34. The molecule has 0 aromatic carbocycles. The lowest BCUT2D eigenvalue weighted by Gasteiger charge is -1.77. The molecule has 0 aromatic rings. The molecule has 0 rings (SSSR count). The van der Waals surface area contributed by atoms with Gasteiger partial charge >= 0.3 is 0 Å². The fourth-order valence-electron chi connectivity index (χ4n) is 0.0315. The van der Waals surface area contributed by atoms with E-state index in [1.165, 1.54) is 0 Å². The van der Waals surface area contributed by atoms with Gasteiger partial charge in [-0.1, -0.05) is 23.2 Å². The molecule has 0 atom stereocenters. The molecule has 0 amide bonds. The molecule has 0 fully saturated rings. The molecular formula is C3H3Cl2O. The second-order valence-electron chi connectivity index (χ2n) is 0.700. The minimum Gasteiger partial charge on any atom is -0.231 e. The Morgan fingerprint density at radius 2 is 2.33 bits per heavy atom. The normalized spacial score (nSPS) is 12.2. The van der Waals surface area contributed by atoms with E-state index in [0.717, 1.165) is 5.54 Å². The third kappa shape index (κ3) is 2.51. The van der Waals surface area contributed by atoms with Crippen LogP contribution in [0, 0.1) is 0 Å². The van der Waals surface area contributed by atoms with E-state index in [1.54, 1.807) is 0 Å². The van der Waals surface area contributed by atoms with E-state index < -0.39 is 6.61 Å². The third-order valence-corrected chi connectivity index (χ3v) is 0.850. The summed E-state index contributed by atoms with van der Waals surface area (Å²) in [6.07, 6.45) is 0. The lowest BCUT2D eigenvalue weighted by Crippen LogP contribution is -1.72. The lowest BCUT2D eigenvalue weighted by molar-refractivity contribution is 0.229. The summed E-state index contributed by atoms with van der Waals surface area (Å²) in [7, 11) is 0. The van der Waals surface area contributed by atoms with Crippen LogP contribution in [0.2, 0.25) is 0 Å². The highest BCUT2D eigenvalue weighted by atomic mass is 35.5. The van der Waals surface area contributed by atoms with E-state index in [1.807, 2.05) is 0 Å². The molecule has 0 saturated heterocycles. The standard InChI is InChI=1S/C3H3Cl2O/c4-1-3(5)2-6/h1H,2H2. The summed E-state index contributed by atoms with van der Waals surface area (Å²) in [5, 5.41) is 9.73. The Hall–Kier alpha value is 0.280. The summed E-state index contributed by atoms with van der Waals surface area (Å²) in [6, 6.07) is 0. The SMILES string of the molecule is [O]CC(Cl)=CCl. The Morgan fingerprint density at radius 3 is 2.33 bits per heavy atom. The summed E-state index contributed by atoms with van der Waals surface area (Å²) < 4.78 is 0. The zero-order valence-electron chi connectivity index (χ0n) is 2.95. The molecule has 0 saturated carbocycles. The van der Waals surface area contributed by atoms with Gasteiger partial charge in [0.25, 0.3) is 0 Å². The highest BCUT2D eigenvalue weighted by molar-refractivity contribution is 6.36. The average Bonchev–Trinajstić information content (AvgIpc) is 1.65. The summed E-state index contributed by atoms with van der Waals surface area (Å²) >= 11 is 10.0. The molecule has 1 nitrogen and oxygen atoms in total. The maximum atomic E-state index is 9.58. The molecular weight excluding hydrogens is 123 g/mol. The van der Waals surface area contributed by atoms with Gasteiger partial charge in [0.05, 0.1) is 5.03 Å². The summed E-state index contributed by atoms with van der Waals surface area (Å²) in [5.74, 6) is 0. The van der Waals surface area contributed by atoms with Crippen LogP contribution in [0.3, 0.4) is 0 Å². The van der Waals surface area contributed by atoms with Crippen LogP contribution in [-0.4, -0.2) is 6.61 Å². The van der Waals surface area contributed by atoms with Crippen LogP contribution in [-0.2, 0) is 5.11 Å². The Bertz CT molecular complexity index is 59.8. The Labute approximate surface area is 46.2 Å². The first kappa shape index (κ1) is 6.28. The smallest absolute Gasteiger partial charge is 0.119 e. The predicted octanol–water partition coefficient (Wildman–Crippen LogP) is 1.74. The van der Waals surface area contributed by atoms with Crippen molar-refractivity contribution in [2.24, 2.45) is 0 Å². The van der Waals surface area contributed by atoms with Crippen molar-refractivity contribution in [3.05, 3.63) is 10.6 Å². The molecule has 0 N–H and O–H groups in total. The summed E-state index contributed by atoms with van der Waals surface area (Å²) in [6.45, 7) is -0.426. The molecule has 1 radical (unpaired) electrons. The number of halogens is 2. The van der Waals surface area contributed by atoms with Gasteiger partial charge in [0.1, 0.15) is 6.61 Å². The van der Waals surface area contributed by atoms with Crippen molar-refractivity contribution < 1.29 is 5.11 Å². The van der Waals surface area contributed by atoms with Crippen molar-refractivity contribution in [3.63, 3.8) is 0 Å². The Morgan fingerprint density at radius 1 is 1.83 bits per heavy atom. The van der Waals surface area contributed by atoms with Crippen LogP contribution in [0.4, 0.5) is 0 Å². The molecule has 0 aromatic heterocycles. The van der Waals surface area contributed by atoms with Gasteiger partial charge in [-0.15, -0.1) is 0 Å². The predicted molar refractivity (Wildman–Crippen MR) is 25.3 cm³/mol. The van der Waals surface area contributed by atoms with Crippen molar-refractivity contribution in [1.29, 1.82) is 0 Å². The van der Waals surface area contributed by atoms with E-state index in [4.69, 9.17) is 23.2 Å². The van der Waals surface area contributed by atoms with E-state index in [-0.39, 0.29) is 5.03 Å². The maximum absolute atomic E-state index is 9.58. The van der Waals surface area contributed by atoms with Gasteiger partial charge in [0, 0.05) is 5.54 Å². The summed E-state index contributed by atoms with van der Waals surface area (Å²) in [5.41, 5.74) is 1.06. The maximum Gasteiger partial charge on any atom is 0.119 e. The van der Waals surface area contributed by atoms with Crippen LogP contribution >= 0.6 is 23.2 Å². The van der Waals surface area contributed by atoms with E-state index in [2.05, 4.69) is 0 Å². The molecule has 0 aliphatic carbocycles. The van der Waals surface area contributed by atoms with Crippen LogP contribution in [0.1, 0.15) is 0 Å². The first-order chi connectivity index (χ1) is 2.81. The highest BCUT2D eigenvalue weighted by Gasteiger charge is 1.81. The minimum atomic E-state index is -0.426. The zero-order valence-corrected chi connectivity index (χ0v) is 4.46. The van der Waals surface area contributed by atoms with E-state index in [9.17, 15) is 5.11 Å². The molecule has 0 aliphatic heterocycles. The number of rotatable bonds is 1. The molecule has 0 heterocycles. The van der Waals surface area contributed by atoms with E-state index in [0.29, 0.717) is 0 Å². The fourth-order valence-corrected chi connectivity index (χ4v) is 0.0945. The van der Waals surface area contributed by atoms with Crippen molar-refractivity contribution in [2.75, 3.05) is 6.61 Å². The molecule has 0 bridgehead atoms. The first-order valence-corrected chi connectivity index (χ1v) is 2.15. The van der Waals surface area contributed by atoms with Crippen molar-refractivity contribution in [2.45, 2.75) is 0 Å². The van der Waals surface area contributed by atoms with Crippen molar-refractivity contribution in [3.8, 4) is 0 Å². The topological polar surface area (TPSA) is 19.9 Å². The van der Waals surface area contributed by atoms with Crippen LogP contribution in [0.5, 0.6) is 0 Å². The van der Waals surface area contributed by atoms with Gasteiger partial charge in [-0.2, -0.15) is 0 Å². The van der Waals surface area contributed by atoms with Gasteiger partial charge in [-0.05, 0) is 0 Å². The quantitative estimate of drug-likeness (QED) is 0.509. The molecule has 0 aliphatic rings. The average molecular weight is 126 g/mol. The largest absolute Gasteiger partial charge is 0.231 e. The molecule has 0 spiro atoms. The van der Waals surface area contributed by atoms with Gasteiger partial charge in [-0.3, -0.25) is 0 Å². The van der Waals surface area contributed by atoms with Gasteiger partial charge in [0.15, 0.2) is 0 Å². The molecule has 6 heavy (non-hydrogen) atoms. The molecule has 35 valence electrons. The van der Waals surface area contributed by atoms with Crippen LogP contribution < -0.4 is 0 Å². The Balaban J connectivity index is 3.22. The second kappa shape index (κ2) is 3.47. The number of hydrogen-bond acceptors (Lipinski definition) is 0. The lowest BCUT2D eigenvalue weighted by atomic mass is 10.7. The minimum absolute atomic E-state index is 0.150. The Kier molecular flexibility index (Phi) is 3.63. The molecule has 0 unspecified atom stereocenters. The van der Waals surface area contributed by atoms with Crippen LogP contribution in [0.15, 0.2) is 10.6 Å². The third-order valence-electron chi connectivity index (χ3n) is 0.256. The number of hydrogen-bond donors (Lipinski definition) is 0. The van der Waals surface area contributed by atoms with Crippen LogP contribution in [0.25, 0.3) is 0 Å². The van der Waals surface area contributed by atoms with Crippen molar-refractivity contribution in [1.82, 2.24) is 0 Å². The highest BCUT2D eigenvalue weighted by Crippen LogP contribution is 1.99. The summed E-state index contributed by atoms with van der Waals surface area (Å²) in [4.78, 5) is 0. The molecule has 3 heteroatoms. The van der Waals surface area contributed by atoms with E-state index >= 15 is 0 Å². The van der Waals surface area contributed by atoms with Crippen molar-refractivity contribution >= 4 is 23.2 Å². The van der Waals surface area contributed by atoms with Gasteiger partial charge in [0.2, 0.25) is 0 Å². The van der Waals surface area contributed by atoms with Gasteiger partial charge in [-0.25, -0.2) is 5.11 Å². The monoisotopic (exact) mass is 125 g/mol. The second-order valence-corrected chi connectivity index (χ2v) is 1.40.